The molecular weight excluding hydrogens is 132 g/mol. The minimum atomic E-state index is 0.542. The van der Waals surface area contributed by atoms with Crippen molar-refractivity contribution in [3.05, 3.63) is 11.5 Å². The molecule has 0 bridgehead atoms. The summed E-state index contributed by atoms with van der Waals surface area (Å²) in [5.41, 5.74) is 0. The van der Waals surface area contributed by atoms with E-state index in [1.54, 1.807) is 5.41 Å². The van der Waals surface area contributed by atoms with Gasteiger partial charge in [-0.1, -0.05) is 0 Å². The average molecular weight is 138 g/mol. The molecule has 3 heteroatoms. The van der Waals surface area contributed by atoms with E-state index in [0.29, 0.717) is 6.42 Å². The van der Waals surface area contributed by atoms with Gasteiger partial charge >= 0.3 is 0 Å². The van der Waals surface area contributed by atoms with Crippen molar-refractivity contribution in [2.45, 2.75) is 6.42 Å². The number of thioether (sulfide) groups is 1. The highest BCUT2D eigenvalue weighted by atomic mass is 32.2. The number of rotatable bonds is 3. The summed E-state index contributed by atoms with van der Waals surface area (Å²) in [4.78, 5) is 0. The molecule has 0 unspecified atom stereocenters. The standard InChI is InChI=1S/C6H6N2S/c7-3-1-5-9-6-2-4-8/h1,5H,2,6H2. The van der Waals surface area contributed by atoms with E-state index in [4.69, 9.17) is 10.5 Å². The van der Waals surface area contributed by atoms with E-state index in [1.165, 1.54) is 17.8 Å². The molecule has 0 N–H and O–H groups in total. The molecular formula is C6H6N2S. The topological polar surface area (TPSA) is 47.6 Å². The van der Waals surface area contributed by atoms with Crippen molar-refractivity contribution in [3.63, 3.8) is 0 Å². The number of allylic oxidation sites excluding steroid dienone is 1. The Morgan fingerprint density at radius 2 is 2.22 bits per heavy atom. The maximum Gasteiger partial charge on any atom is 0.0917 e. The van der Waals surface area contributed by atoms with E-state index in [0.717, 1.165) is 5.75 Å². The van der Waals surface area contributed by atoms with Gasteiger partial charge in [-0.2, -0.15) is 10.5 Å². The summed E-state index contributed by atoms with van der Waals surface area (Å²) in [6.07, 6.45) is 1.95. The van der Waals surface area contributed by atoms with E-state index in [9.17, 15) is 0 Å². The van der Waals surface area contributed by atoms with Crippen molar-refractivity contribution in [2.24, 2.45) is 0 Å². The SMILES string of the molecule is N#CC=CSCCC#N. The van der Waals surface area contributed by atoms with Gasteiger partial charge in [-0.05, 0) is 5.41 Å². The largest absolute Gasteiger partial charge is 0.198 e. The Balaban J connectivity index is 3.04. The van der Waals surface area contributed by atoms with E-state index >= 15 is 0 Å². The first kappa shape index (κ1) is 8.07. The third-order valence-corrected chi connectivity index (χ3v) is 1.34. The maximum absolute atomic E-state index is 8.07. The van der Waals surface area contributed by atoms with Crippen LogP contribution in [0.1, 0.15) is 6.42 Å². The van der Waals surface area contributed by atoms with Crippen molar-refractivity contribution in [3.8, 4) is 12.1 Å². The zero-order valence-corrected chi connectivity index (χ0v) is 5.69. The highest BCUT2D eigenvalue weighted by Crippen LogP contribution is 2.01. The number of nitriles is 2. The van der Waals surface area contributed by atoms with E-state index in [-0.39, 0.29) is 0 Å². The van der Waals surface area contributed by atoms with Crippen LogP contribution >= 0.6 is 11.8 Å². The molecule has 0 saturated heterocycles. The van der Waals surface area contributed by atoms with Crippen LogP contribution in [0.25, 0.3) is 0 Å². The van der Waals surface area contributed by atoms with Crippen LogP contribution in [-0.2, 0) is 0 Å². The quantitative estimate of drug-likeness (QED) is 0.440. The number of nitrogens with zero attached hydrogens (tertiary/aromatic N) is 2. The number of hydrogen-bond donors (Lipinski definition) is 0. The van der Waals surface area contributed by atoms with Crippen LogP contribution in [0.15, 0.2) is 11.5 Å². The highest BCUT2D eigenvalue weighted by Gasteiger charge is 1.79. The lowest BCUT2D eigenvalue weighted by molar-refractivity contribution is 1.24. The van der Waals surface area contributed by atoms with Gasteiger partial charge in [0.2, 0.25) is 0 Å². The Labute approximate surface area is 58.8 Å². The molecule has 0 radical (unpaired) electrons. The van der Waals surface area contributed by atoms with Gasteiger partial charge in [-0.3, -0.25) is 0 Å². The van der Waals surface area contributed by atoms with Crippen molar-refractivity contribution in [1.82, 2.24) is 0 Å². The molecule has 0 aliphatic carbocycles. The lowest BCUT2D eigenvalue weighted by atomic mass is 10.6. The molecule has 46 valence electrons. The van der Waals surface area contributed by atoms with Crippen LogP contribution in [0.5, 0.6) is 0 Å². The van der Waals surface area contributed by atoms with Crippen LogP contribution in [0.2, 0.25) is 0 Å². The van der Waals surface area contributed by atoms with E-state index in [2.05, 4.69) is 0 Å². The fourth-order valence-electron chi connectivity index (χ4n) is 0.251. The molecule has 0 aromatic rings. The second kappa shape index (κ2) is 7.07. The lowest BCUT2D eigenvalue weighted by Gasteiger charge is -1.81. The van der Waals surface area contributed by atoms with Crippen molar-refractivity contribution < 1.29 is 0 Å². The zero-order chi connectivity index (χ0) is 6.95. The smallest absolute Gasteiger partial charge is 0.0917 e. The first-order valence-electron chi connectivity index (χ1n) is 2.45. The molecule has 0 aliphatic heterocycles. The summed E-state index contributed by atoms with van der Waals surface area (Å²) < 4.78 is 0. The fourth-order valence-corrected chi connectivity index (χ4v) is 0.753. The molecule has 0 rings (SSSR count). The van der Waals surface area contributed by atoms with Gasteiger partial charge in [-0.15, -0.1) is 11.8 Å². The summed E-state index contributed by atoms with van der Waals surface area (Å²) in [6.45, 7) is 0. The molecule has 0 fully saturated rings. The zero-order valence-electron chi connectivity index (χ0n) is 4.87. The summed E-state index contributed by atoms with van der Waals surface area (Å²) in [5, 5.41) is 17.8. The predicted octanol–water partition coefficient (Wildman–Crippen LogP) is 1.67. The molecule has 0 amide bonds. The van der Waals surface area contributed by atoms with Crippen LogP contribution in [0.3, 0.4) is 0 Å². The summed E-state index contributed by atoms with van der Waals surface area (Å²) >= 11 is 1.48. The average Bonchev–Trinajstić information content (AvgIpc) is 1.89. The summed E-state index contributed by atoms with van der Waals surface area (Å²) in [5.74, 6) is 0.772. The molecule has 0 spiro atoms. The molecule has 0 aliphatic rings. The monoisotopic (exact) mass is 138 g/mol. The van der Waals surface area contributed by atoms with Gasteiger partial charge in [0.15, 0.2) is 0 Å². The first-order valence-corrected chi connectivity index (χ1v) is 3.50. The minimum Gasteiger partial charge on any atom is -0.198 e. The second-order valence-electron chi connectivity index (χ2n) is 1.21. The van der Waals surface area contributed by atoms with E-state index in [1.807, 2.05) is 12.1 Å². The molecule has 0 aromatic heterocycles. The Morgan fingerprint density at radius 1 is 1.44 bits per heavy atom. The second-order valence-corrected chi connectivity index (χ2v) is 2.22. The van der Waals surface area contributed by atoms with Crippen LogP contribution < -0.4 is 0 Å². The predicted molar refractivity (Wildman–Crippen MR) is 37.4 cm³/mol. The third-order valence-electron chi connectivity index (χ3n) is 0.571. The van der Waals surface area contributed by atoms with Gasteiger partial charge in [0.25, 0.3) is 0 Å². The van der Waals surface area contributed by atoms with Crippen LogP contribution in [0.4, 0.5) is 0 Å². The molecule has 0 atom stereocenters. The summed E-state index contributed by atoms with van der Waals surface area (Å²) in [7, 11) is 0. The molecule has 0 aromatic carbocycles. The first-order chi connectivity index (χ1) is 4.41. The molecule has 2 nitrogen and oxygen atoms in total. The van der Waals surface area contributed by atoms with Crippen molar-refractivity contribution >= 4 is 11.8 Å². The van der Waals surface area contributed by atoms with Gasteiger partial charge in [-0.25, -0.2) is 0 Å². The van der Waals surface area contributed by atoms with Crippen LogP contribution in [0, 0.1) is 22.7 Å². The fraction of sp³-hybridized carbons (Fsp3) is 0.333. The minimum absolute atomic E-state index is 0.542. The highest BCUT2D eigenvalue weighted by molar-refractivity contribution is 8.02. The Kier molecular flexibility index (Phi) is 6.34. The van der Waals surface area contributed by atoms with Gasteiger partial charge < -0.3 is 0 Å². The maximum atomic E-state index is 8.07. The van der Waals surface area contributed by atoms with E-state index < -0.39 is 0 Å². The molecule has 0 saturated carbocycles. The van der Waals surface area contributed by atoms with Crippen molar-refractivity contribution in [1.29, 1.82) is 10.5 Å². The van der Waals surface area contributed by atoms with Gasteiger partial charge in [0, 0.05) is 18.2 Å². The molecule has 0 heterocycles. The van der Waals surface area contributed by atoms with Crippen LogP contribution in [-0.4, -0.2) is 5.75 Å². The van der Waals surface area contributed by atoms with Crippen molar-refractivity contribution in [2.75, 3.05) is 5.75 Å². The Bertz CT molecular complexity index is 161. The van der Waals surface area contributed by atoms with Gasteiger partial charge in [0.05, 0.1) is 12.1 Å². The lowest BCUT2D eigenvalue weighted by Crippen LogP contribution is -1.68. The number of hydrogen-bond acceptors (Lipinski definition) is 3. The molecule has 9 heavy (non-hydrogen) atoms. The Morgan fingerprint density at radius 3 is 2.78 bits per heavy atom. The van der Waals surface area contributed by atoms with Gasteiger partial charge in [0.1, 0.15) is 0 Å². The third kappa shape index (κ3) is 7.07. The summed E-state index contributed by atoms with van der Waals surface area (Å²) in [6, 6.07) is 3.87. The normalized spacial score (nSPS) is 8.67. The Hall–Kier alpha value is -0.930.